The highest BCUT2D eigenvalue weighted by Crippen LogP contribution is 2.22. The predicted molar refractivity (Wildman–Crippen MR) is 92.6 cm³/mol. The number of benzene rings is 2. The molecule has 0 heterocycles. The molecule has 2 amide bonds. The Morgan fingerprint density at radius 3 is 2.46 bits per heavy atom. The standard InChI is InChI=1S/C16H13Cl2N3O3/c17-13-6-3-11(7-14(13)18)16(24)19-9-15(23)21-20-8-10-1-4-12(22)5-2-10/h1-8,22H,9H2,(H,19,24)(H,21,23)/b20-8+. The van der Waals surface area contributed by atoms with E-state index in [2.05, 4.69) is 15.8 Å². The number of hydrogen-bond acceptors (Lipinski definition) is 4. The Labute approximate surface area is 148 Å². The lowest BCUT2D eigenvalue weighted by Crippen LogP contribution is -2.34. The van der Waals surface area contributed by atoms with Gasteiger partial charge in [0.2, 0.25) is 0 Å². The topological polar surface area (TPSA) is 90.8 Å². The number of nitrogens with one attached hydrogen (secondary N) is 2. The summed E-state index contributed by atoms with van der Waals surface area (Å²) in [4.78, 5) is 23.5. The lowest BCUT2D eigenvalue weighted by Gasteiger charge is -2.05. The molecule has 0 unspecified atom stereocenters. The van der Waals surface area contributed by atoms with Crippen molar-refractivity contribution in [2.75, 3.05) is 6.54 Å². The molecule has 3 N–H and O–H groups in total. The highest BCUT2D eigenvalue weighted by molar-refractivity contribution is 6.42. The zero-order valence-electron chi connectivity index (χ0n) is 12.3. The van der Waals surface area contributed by atoms with Crippen molar-refractivity contribution in [3.8, 4) is 5.75 Å². The molecule has 0 aliphatic rings. The number of phenols is 1. The number of halogens is 2. The number of aromatic hydroxyl groups is 1. The quantitative estimate of drug-likeness (QED) is 0.561. The maximum absolute atomic E-state index is 11.9. The summed E-state index contributed by atoms with van der Waals surface area (Å²) in [6, 6.07) is 10.7. The van der Waals surface area contributed by atoms with E-state index in [4.69, 9.17) is 28.3 Å². The van der Waals surface area contributed by atoms with Gasteiger partial charge in [0.25, 0.3) is 11.8 Å². The normalized spacial score (nSPS) is 10.6. The zero-order chi connectivity index (χ0) is 17.5. The van der Waals surface area contributed by atoms with Crippen LogP contribution in [-0.2, 0) is 4.79 Å². The van der Waals surface area contributed by atoms with Gasteiger partial charge in [-0.15, -0.1) is 0 Å². The first-order chi connectivity index (χ1) is 11.5. The number of carbonyl (C=O) groups excluding carboxylic acids is 2. The molecular formula is C16H13Cl2N3O3. The highest BCUT2D eigenvalue weighted by atomic mass is 35.5. The van der Waals surface area contributed by atoms with Crippen LogP contribution in [-0.4, -0.2) is 29.7 Å². The van der Waals surface area contributed by atoms with E-state index < -0.39 is 11.8 Å². The molecule has 0 aliphatic carbocycles. The van der Waals surface area contributed by atoms with Gasteiger partial charge >= 0.3 is 0 Å². The van der Waals surface area contributed by atoms with Crippen molar-refractivity contribution >= 4 is 41.2 Å². The molecule has 0 spiro atoms. The molecule has 0 atom stereocenters. The van der Waals surface area contributed by atoms with Crippen LogP contribution >= 0.6 is 23.2 Å². The maximum Gasteiger partial charge on any atom is 0.259 e. The molecule has 2 aromatic carbocycles. The monoisotopic (exact) mass is 365 g/mol. The molecule has 0 saturated carbocycles. The molecule has 124 valence electrons. The van der Waals surface area contributed by atoms with Crippen molar-refractivity contribution in [2.24, 2.45) is 5.10 Å². The molecule has 0 bridgehead atoms. The van der Waals surface area contributed by atoms with Crippen molar-refractivity contribution in [3.63, 3.8) is 0 Å². The molecule has 0 aliphatic heterocycles. The summed E-state index contributed by atoms with van der Waals surface area (Å²) in [7, 11) is 0. The lowest BCUT2D eigenvalue weighted by molar-refractivity contribution is -0.120. The van der Waals surface area contributed by atoms with Crippen molar-refractivity contribution in [1.29, 1.82) is 0 Å². The first kappa shape index (κ1) is 17.8. The average molecular weight is 366 g/mol. The third-order valence-corrected chi connectivity index (χ3v) is 3.63. The largest absolute Gasteiger partial charge is 0.508 e. The number of carbonyl (C=O) groups is 2. The van der Waals surface area contributed by atoms with E-state index in [0.717, 1.165) is 0 Å². The van der Waals surface area contributed by atoms with E-state index in [9.17, 15) is 9.59 Å². The van der Waals surface area contributed by atoms with Gasteiger partial charge in [-0.1, -0.05) is 23.2 Å². The van der Waals surface area contributed by atoms with Crippen LogP contribution in [0.3, 0.4) is 0 Å². The van der Waals surface area contributed by atoms with E-state index in [1.54, 1.807) is 12.1 Å². The van der Waals surface area contributed by atoms with Crippen LogP contribution in [0.25, 0.3) is 0 Å². The first-order valence-corrected chi connectivity index (χ1v) is 7.55. The molecule has 0 aromatic heterocycles. The summed E-state index contributed by atoms with van der Waals surface area (Å²) in [5.41, 5.74) is 3.28. The van der Waals surface area contributed by atoms with Crippen LogP contribution in [0.15, 0.2) is 47.6 Å². The van der Waals surface area contributed by atoms with Crippen LogP contribution in [0.4, 0.5) is 0 Å². The first-order valence-electron chi connectivity index (χ1n) is 6.80. The fourth-order valence-electron chi connectivity index (χ4n) is 1.68. The third-order valence-electron chi connectivity index (χ3n) is 2.89. The minimum atomic E-state index is -0.488. The Hall–Kier alpha value is -2.57. The Kier molecular flexibility index (Phi) is 6.17. The Morgan fingerprint density at radius 2 is 1.79 bits per heavy atom. The minimum Gasteiger partial charge on any atom is -0.508 e. The van der Waals surface area contributed by atoms with Crippen LogP contribution < -0.4 is 10.7 Å². The fraction of sp³-hybridized carbons (Fsp3) is 0.0625. The van der Waals surface area contributed by atoms with Crippen molar-refractivity contribution in [1.82, 2.24) is 10.7 Å². The molecule has 24 heavy (non-hydrogen) atoms. The molecule has 2 aromatic rings. The zero-order valence-corrected chi connectivity index (χ0v) is 13.8. The minimum absolute atomic E-state index is 0.140. The Balaban J connectivity index is 1.81. The Bertz CT molecular complexity index is 777. The van der Waals surface area contributed by atoms with Gasteiger partial charge in [-0.3, -0.25) is 9.59 Å². The molecule has 6 nitrogen and oxygen atoms in total. The fourth-order valence-corrected chi connectivity index (χ4v) is 1.98. The summed E-state index contributed by atoms with van der Waals surface area (Å²) in [5, 5.41) is 15.9. The molecule has 0 fully saturated rings. The van der Waals surface area contributed by atoms with Gasteiger partial charge in [-0.05, 0) is 48.0 Å². The number of nitrogens with zero attached hydrogens (tertiary/aromatic N) is 1. The molecule has 8 heteroatoms. The van der Waals surface area contributed by atoms with Crippen LogP contribution in [0.2, 0.25) is 10.0 Å². The predicted octanol–water partition coefficient (Wildman–Crippen LogP) is 2.58. The van der Waals surface area contributed by atoms with Gasteiger partial charge in [0.05, 0.1) is 22.8 Å². The van der Waals surface area contributed by atoms with Crippen molar-refractivity contribution in [2.45, 2.75) is 0 Å². The van der Waals surface area contributed by atoms with Gasteiger partial charge < -0.3 is 10.4 Å². The lowest BCUT2D eigenvalue weighted by atomic mass is 10.2. The number of hydrogen-bond donors (Lipinski definition) is 3. The van der Waals surface area contributed by atoms with Gasteiger partial charge in [-0.2, -0.15) is 5.10 Å². The second-order valence-corrected chi connectivity index (χ2v) is 5.51. The summed E-state index contributed by atoms with van der Waals surface area (Å²) in [6.07, 6.45) is 1.41. The van der Waals surface area contributed by atoms with Gasteiger partial charge in [-0.25, -0.2) is 5.43 Å². The third kappa shape index (κ3) is 5.26. The van der Waals surface area contributed by atoms with Gasteiger partial charge in [0.15, 0.2) is 0 Å². The van der Waals surface area contributed by atoms with Gasteiger partial charge in [0, 0.05) is 5.56 Å². The van der Waals surface area contributed by atoms with Gasteiger partial charge in [0.1, 0.15) is 5.75 Å². The number of hydrazone groups is 1. The van der Waals surface area contributed by atoms with Crippen LogP contribution in [0, 0.1) is 0 Å². The SMILES string of the molecule is O=C(CNC(=O)c1ccc(Cl)c(Cl)c1)N/N=C/c1ccc(O)cc1. The van der Waals surface area contributed by atoms with E-state index in [0.29, 0.717) is 16.1 Å². The second kappa shape index (κ2) is 8.33. The second-order valence-electron chi connectivity index (χ2n) is 4.70. The van der Waals surface area contributed by atoms with Crippen molar-refractivity contribution in [3.05, 3.63) is 63.6 Å². The summed E-state index contributed by atoms with van der Waals surface area (Å²) >= 11 is 11.6. The molecular weight excluding hydrogens is 353 g/mol. The molecule has 0 radical (unpaired) electrons. The van der Waals surface area contributed by atoms with Crippen molar-refractivity contribution < 1.29 is 14.7 Å². The van der Waals surface area contributed by atoms with E-state index in [1.165, 1.54) is 36.5 Å². The smallest absolute Gasteiger partial charge is 0.259 e. The highest BCUT2D eigenvalue weighted by Gasteiger charge is 2.09. The average Bonchev–Trinajstić information content (AvgIpc) is 2.57. The van der Waals surface area contributed by atoms with E-state index in [1.807, 2.05) is 0 Å². The molecule has 2 rings (SSSR count). The number of rotatable bonds is 5. The van der Waals surface area contributed by atoms with Crippen LogP contribution in [0.5, 0.6) is 5.75 Å². The maximum atomic E-state index is 11.9. The van der Waals surface area contributed by atoms with E-state index in [-0.39, 0.29) is 17.3 Å². The summed E-state index contributed by atoms with van der Waals surface area (Å²) in [6.45, 7) is -0.244. The summed E-state index contributed by atoms with van der Waals surface area (Å²) in [5.74, 6) is -0.800. The molecule has 0 saturated heterocycles. The number of amides is 2. The summed E-state index contributed by atoms with van der Waals surface area (Å²) < 4.78 is 0. The van der Waals surface area contributed by atoms with E-state index >= 15 is 0 Å². The Morgan fingerprint density at radius 1 is 1.08 bits per heavy atom. The number of phenolic OH excluding ortho intramolecular Hbond substituents is 1. The van der Waals surface area contributed by atoms with Crippen LogP contribution in [0.1, 0.15) is 15.9 Å².